The molecule has 90 valence electrons. The highest BCUT2D eigenvalue weighted by Crippen LogP contribution is 2.21. The van der Waals surface area contributed by atoms with E-state index in [-0.39, 0.29) is 6.10 Å². The highest BCUT2D eigenvalue weighted by atomic mass is 16.3. The van der Waals surface area contributed by atoms with Crippen molar-refractivity contribution >= 4 is 0 Å². The zero-order valence-corrected chi connectivity index (χ0v) is 10.0. The van der Waals surface area contributed by atoms with Gasteiger partial charge >= 0.3 is 0 Å². The number of nitrogens with zero attached hydrogens (tertiary/aromatic N) is 4. The van der Waals surface area contributed by atoms with Gasteiger partial charge in [0.15, 0.2) is 0 Å². The number of rotatable bonds is 3. The van der Waals surface area contributed by atoms with Crippen LogP contribution in [0.2, 0.25) is 0 Å². The molecule has 1 saturated heterocycles. The number of aliphatic hydroxyl groups excluding tert-OH is 1. The van der Waals surface area contributed by atoms with Gasteiger partial charge in [0.1, 0.15) is 12.2 Å². The Morgan fingerprint density at radius 1 is 1.50 bits per heavy atom. The number of aromatic nitrogens is 3. The molecular formula is C11H20N4O. The quantitative estimate of drug-likeness (QED) is 0.808. The summed E-state index contributed by atoms with van der Waals surface area (Å²) < 4.78 is 1.96. The highest BCUT2D eigenvalue weighted by Gasteiger charge is 2.23. The molecular weight excluding hydrogens is 204 g/mol. The number of hydrogen-bond acceptors (Lipinski definition) is 4. The standard InChI is InChI=1S/C11H20N4O/c1-9(16)10-3-5-15(6-4-10)7-11-13-12-8-14(11)2/h8-10,16H,3-7H2,1-2H3. The number of piperidine rings is 1. The van der Waals surface area contributed by atoms with E-state index in [1.165, 1.54) is 0 Å². The fourth-order valence-corrected chi connectivity index (χ4v) is 2.24. The minimum atomic E-state index is -0.169. The van der Waals surface area contributed by atoms with E-state index in [0.29, 0.717) is 5.92 Å². The van der Waals surface area contributed by atoms with Crippen LogP contribution in [0.1, 0.15) is 25.6 Å². The molecule has 0 bridgehead atoms. The van der Waals surface area contributed by atoms with Crippen LogP contribution in [0, 0.1) is 5.92 Å². The number of hydrogen-bond donors (Lipinski definition) is 1. The molecule has 16 heavy (non-hydrogen) atoms. The number of aliphatic hydroxyl groups is 1. The van der Waals surface area contributed by atoms with Gasteiger partial charge in [0, 0.05) is 7.05 Å². The monoisotopic (exact) mass is 224 g/mol. The van der Waals surface area contributed by atoms with E-state index in [2.05, 4.69) is 15.1 Å². The molecule has 0 aliphatic carbocycles. The first-order valence-corrected chi connectivity index (χ1v) is 5.90. The van der Waals surface area contributed by atoms with Gasteiger partial charge in [0.2, 0.25) is 0 Å². The van der Waals surface area contributed by atoms with Crippen molar-refractivity contribution in [2.75, 3.05) is 13.1 Å². The molecule has 2 rings (SSSR count). The van der Waals surface area contributed by atoms with Gasteiger partial charge < -0.3 is 9.67 Å². The van der Waals surface area contributed by atoms with Gasteiger partial charge in [0.05, 0.1) is 12.6 Å². The Morgan fingerprint density at radius 3 is 2.69 bits per heavy atom. The molecule has 1 unspecified atom stereocenters. The van der Waals surface area contributed by atoms with Crippen LogP contribution in [0.3, 0.4) is 0 Å². The molecule has 0 spiro atoms. The average molecular weight is 224 g/mol. The van der Waals surface area contributed by atoms with Crippen LogP contribution in [0.15, 0.2) is 6.33 Å². The second-order valence-electron chi connectivity index (χ2n) is 4.71. The van der Waals surface area contributed by atoms with Crippen molar-refractivity contribution < 1.29 is 5.11 Å². The average Bonchev–Trinajstić information content (AvgIpc) is 2.65. The summed E-state index contributed by atoms with van der Waals surface area (Å²) in [5.41, 5.74) is 0. The zero-order chi connectivity index (χ0) is 11.5. The summed E-state index contributed by atoms with van der Waals surface area (Å²) in [5.74, 6) is 1.48. The molecule has 1 N–H and O–H groups in total. The second-order valence-corrected chi connectivity index (χ2v) is 4.71. The lowest BCUT2D eigenvalue weighted by atomic mass is 9.92. The molecule has 1 aromatic heterocycles. The van der Waals surface area contributed by atoms with Gasteiger partial charge in [-0.25, -0.2) is 0 Å². The predicted molar refractivity (Wildman–Crippen MR) is 60.7 cm³/mol. The molecule has 1 aromatic rings. The van der Waals surface area contributed by atoms with Crippen molar-refractivity contribution in [3.8, 4) is 0 Å². The second kappa shape index (κ2) is 4.93. The maximum atomic E-state index is 9.52. The number of aryl methyl sites for hydroxylation is 1. The predicted octanol–water partition coefficient (Wildman–Crippen LogP) is 0.408. The Kier molecular flexibility index (Phi) is 3.56. The van der Waals surface area contributed by atoms with Crippen LogP contribution in [0.4, 0.5) is 0 Å². The third-order valence-corrected chi connectivity index (χ3v) is 3.48. The molecule has 0 radical (unpaired) electrons. The Labute approximate surface area is 96.1 Å². The Bertz CT molecular complexity index is 328. The van der Waals surface area contributed by atoms with Crippen LogP contribution in [0.25, 0.3) is 0 Å². The minimum Gasteiger partial charge on any atom is -0.393 e. The van der Waals surface area contributed by atoms with Crippen molar-refractivity contribution in [3.05, 3.63) is 12.2 Å². The van der Waals surface area contributed by atoms with Crippen LogP contribution in [-0.2, 0) is 13.6 Å². The summed E-state index contributed by atoms with van der Waals surface area (Å²) in [7, 11) is 1.97. The Hall–Kier alpha value is -0.940. The molecule has 0 amide bonds. The van der Waals surface area contributed by atoms with E-state index >= 15 is 0 Å². The van der Waals surface area contributed by atoms with Gasteiger partial charge in [0.25, 0.3) is 0 Å². The van der Waals surface area contributed by atoms with E-state index in [1.807, 2.05) is 18.5 Å². The maximum absolute atomic E-state index is 9.52. The first-order valence-electron chi connectivity index (χ1n) is 5.90. The molecule has 1 atom stereocenters. The molecule has 0 aromatic carbocycles. The normalized spacial score (nSPS) is 21.2. The van der Waals surface area contributed by atoms with E-state index < -0.39 is 0 Å². The van der Waals surface area contributed by atoms with Crippen LogP contribution >= 0.6 is 0 Å². The molecule has 1 aliphatic rings. The van der Waals surface area contributed by atoms with Crippen LogP contribution in [0.5, 0.6) is 0 Å². The Morgan fingerprint density at radius 2 is 2.19 bits per heavy atom. The lowest BCUT2D eigenvalue weighted by Gasteiger charge is -2.32. The van der Waals surface area contributed by atoms with E-state index in [1.54, 1.807) is 6.33 Å². The van der Waals surface area contributed by atoms with Crippen molar-refractivity contribution in [1.29, 1.82) is 0 Å². The van der Waals surface area contributed by atoms with E-state index in [9.17, 15) is 5.11 Å². The first kappa shape index (κ1) is 11.5. The summed E-state index contributed by atoms with van der Waals surface area (Å²) in [6.45, 7) is 4.84. The lowest BCUT2D eigenvalue weighted by molar-refractivity contribution is 0.0684. The smallest absolute Gasteiger partial charge is 0.146 e. The van der Waals surface area contributed by atoms with Crippen LogP contribution < -0.4 is 0 Å². The van der Waals surface area contributed by atoms with Crippen molar-refractivity contribution in [2.24, 2.45) is 13.0 Å². The van der Waals surface area contributed by atoms with Gasteiger partial charge in [-0.05, 0) is 38.8 Å². The van der Waals surface area contributed by atoms with E-state index in [0.717, 1.165) is 38.3 Å². The molecule has 0 saturated carbocycles. The summed E-state index contributed by atoms with van der Waals surface area (Å²) in [6.07, 6.45) is 3.72. The fraction of sp³-hybridized carbons (Fsp3) is 0.818. The fourth-order valence-electron chi connectivity index (χ4n) is 2.24. The zero-order valence-electron chi connectivity index (χ0n) is 10.0. The minimum absolute atomic E-state index is 0.169. The summed E-state index contributed by atoms with van der Waals surface area (Å²) >= 11 is 0. The van der Waals surface area contributed by atoms with Gasteiger partial charge in [-0.2, -0.15) is 0 Å². The number of likely N-dealkylation sites (tertiary alicyclic amines) is 1. The first-order chi connectivity index (χ1) is 7.66. The highest BCUT2D eigenvalue weighted by molar-refractivity contribution is 4.86. The van der Waals surface area contributed by atoms with Crippen LogP contribution in [-0.4, -0.2) is 44.0 Å². The van der Waals surface area contributed by atoms with Gasteiger partial charge in [-0.15, -0.1) is 10.2 Å². The molecule has 2 heterocycles. The van der Waals surface area contributed by atoms with Gasteiger partial charge in [-0.3, -0.25) is 4.90 Å². The summed E-state index contributed by atoms with van der Waals surface area (Å²) in [6, 6.07) is 0. The largest absolute Gasteiger partial charge is 0.393 e. The third kappa shape index (κ3) is 2.59. The molecule has 1 fully saturated rings. The lowest BCUT2D eigenvalue weighted by Crippen LogP contribution is -2.37. The third-order valence-electron chi connectivity index (χ3n) is 3.48. The van der Waals surface area contributed by atoms with Gasteiger partial charge in [-0.1, -0.05) is 0 Å². The van der Waals surface area contributed by atoms with Crippen molar-refractivity contribution in [1.82, 2.24) is 19.7 Å². The topological polar surface area (TPSA) is 54.2 Å². The molecule has 5 nitrogen and oxygen atoms in total. The summed E-state index contributed by atoms with van der Waals surface area (Å²) in [5, 5.41) is 17.5. The molecule has 5 heteroatoms. The van der Waals surface area contributed by atoms with Crippen molar-refractivity contribution in [2.45, 2.75) is 32.4 Å². The molecule has 1 aliphatic heterocycles. The van der Waals surface area contributed by atoms with E-state index in [4.69, 9.17) is 0 Å². The SMILES string of the molecule is CC(O)C1CCN(Cc2nncn2C)CC1. The maximum Gasteiger partial charge on any atom is 0.146 e. The summed E-state index contributed by atoms with van der Waals surface area (Å²) in [4.78, 5) is 2.38. The Balaban J connectivity index is 1.84. The van der Waals surface area contributed by atoms with Crippen molar-refractivity contribution in [3.63, 3.8) is 0 Å².